The second-order valence-electron chi connectivity index (χ2n) is 8.93. The Hall–Kier alpha value is -2.54. The molecule has 174 valence electrons. The van der Waals surface area contributed by atoms with Crippen molar-refractivity contribution in [3.8, 4) is 0 Å². The van der Waals surface area contributed by atoms with Gasteiger partial charge >= 0.3 is 0 Å². The molecule has 0 spiro atoms. The van der Waals surface area contributed by atoms with Crippen molar-refractivity contribution in [2.24, 2.45) is 4.99 Å². The van der Waals surface area contributed by atoms with Gasteiger partial charge in [0.25, 0.3) is 0 Å². The van der Waals surface area contributed by atoms with E-state index in [1.165, 1.54) is 16.5 Å². The number of carbonyl (C=O) groups excluding carboxylic acids is 1. The Morgan fingerprint density at radius 1 is 1.09 bits per heavy atom. The molecule has 2 aromatic rings. The third-order valence-electron chi connectivity index (χ3n) is 6.81. The van der Waals surface area contributed by atoms with E-state index in [-0.39, 0.29) is 6.04 Å². The first-order chi connectivity index (χ1) is 15.7. The predicted octanol–water partition coefficient (Wildman–Crippen LogP) is 2.69. The zero-order valence-corrected chi connectivity index (χ0v) is 19.6. The Kier molecular flexibility index (Phi) is 7.68. The van der Waals surface area contributed by atoms with Gasteiger partial charge in [0.2, 0.25) is 5.91 Å². The van der Waals surface area contributed by atoms with Crippen LogP contribution in [0.3, 0.4) is 0 Å². The van der Waals surface area contributed by atoms with Crippen LogP contribution in [-0.2, 0) is 11.2 Å². The number of aromatic amines is 1. The lowest BCUT2D eigenvalue weighted by atomic mass is 10.1. The number of carbonyl (C=O) groups is 1. The third kappa shape index (κ3) is 5.26. The first-order valence-corrected chi connectivity index (χ1v) is 12.3. The maximum Gasteiger partial charge on any atom is 0.239 e. The average molecular weight is 439 g/mol. The summed E-state index contributed by atoms with van der Waals surface area (Å²) in [6.07, 6.45) is 6.47. The molecule has 0 bridgehead atoms. The molecule has 1 aromatic heterocycles. The van der Waals surface area contributed by atoms with Crippen molar-refractivity contribution in [3.63, 3.8) is 0 Å². The average Bonchev–Trinajstić information content (AvgIpc) is 3.51. The van der Waals surface area contributed by atoms with E-state index >= 15 is 0 Å². The Bertz CT molecular complexity index is 908. The molecule has 1 atom stereocenters. The van der Waals surface area contributed by atoms with Crippen LogP contribution in [0.25, 0.3) is 10.9 Å². The van der Waals surface area contributed by atoms with Gasteiger partial charge in [0, 0.05) is 69.5 Å². The predicted molar refractivity (Wildman–Crippen MR) is 131 cm³/mol. The molecule has 2 aliphatic heterocycles. The van der Waals surface area contributed by atoms with Gasteiger partial charge < -0.3 is 20.1 Å². The van der Waals surface area contributed by atoms with Crippen LogP contribution in [0.1, 0.15) is 38.7 Å². The first-order valence-electron chi connectivity index (χ1n) is 12.3. The monoisotopic (exact) mass is 438 g/mol. The van der Waals surface area contributed by atoms with Gasteiger partial charge in [0.1, 0.15) is 0 Å². The van der Waals surface area contributed by atoms with Crippen LogP contribution in [0.5, 0.6) is 0 Å². The number of aromatic nitrogens is 1. The number of likely N-dealkylation sites (tertiary alicyclic amines) is 1. The van der Waals surface area contributed by atoms with Crippen LogP contribution in [0.2, 0.25) is 0 Å². The second kappa shape index (κ2) is 10.9. The Morgan fingerprint density at radius 3 is 2.59 bits per heavy atom. The SMILES string of the molecule is CCNC(=NCCCc1c[nH]c2ccccc12)N1CCN(C(C)C(=O)N2CCCC2)CC1. The minimum absolute atomic E-state index is 0.0223. The first kappa shape index (κ1) is 22.6. The largest absolute Gasteiger partial charge is 0.361 e. The zero-order valence-electron chi connectivity index (χ0n) is 19.6. The molecule has 3 heterocycles. The van der Waals surface area contributed by atoms with Crippen LogP contribution >= 0.6 is 0 Å². The van der Waals surface area contributed by atoms with Gasteiger partial charge in [-0.05, 0) is 51.2 Å². The lowest BCUT2D eigenvalue weighted by molar-refractivity contribution is -0.135. The molecule has 7 nitrogen and oxygen atoms in total. The molecule has 2 saturated heterocycles. The molecule has 32 heavy (non-hydrogen) atoms. The van der Waals surface area contributed by atoms with E-state index < -0.39 is 0 Å². The van der Waals surface area contributed by atoms with Crippen LogP contribution in [0.15, 0.2) is 35.5 Å². The van der Waals surface area contributed by atoms with Gasteiger partial charge in [-0.2, -0.15) is 0 Å². The lowest BCUT2D eigenvalue weighted by Crippen LogP contribution is -2.57. The summed E-state index contributed by atoms with van der Waals surface area (Å²) >= 11 is 0. The summed E-state index contributed by atoms with van der Waals surface area (Å²) < 4.78 is 0. The highest BCUT2D eigenvalue weighted by molar-refractivity contribution is 5.83. The summed E-state index contributed by atoms with van der Waals surface area (Å²) in [7, 11) is 0. The van der Waals surface area contributed by atoms with E-state index in [0.29, 0.717) is 5.91 Å². The number of aryl methyl sites for hydroxylation is 1. The van der Waals surface area contributed by atoms with Gasteiger partial charge in [0.15, 0.2) is 5.96 Å². The van der Waals surface area contributed by atoms with E-state index in [1.807, 2.05) is 4.90 Å². The number of amides is 1. The molecule has 2 N–H and O–H groups in total. The van der Waals surface area contributed by atoms with Gasteiger partial charge in [-0.1, -0.05) is 18.2 Å². The molecule has 0 radical (unpaired) electrons. The molecular weight excluding hydrogens is 400 g/mol. The standard InChI is InChI=1S/C25H38N6O/c1-3-26-25(27-12-8-9-21-19-28-23-11-5-4-10-22(21)23)31-17-15-29(16-18-31)20(2)24(32)30-13-6-7-14-30/h4-5,10-11,19-20,28H,3,6-9,12-18H2,1-2H3,(H,26,27). The van der Waals surface area contributed by atoms with Crippen molar-refractivity contribution < 1.29 is 4.79 Å². The third-order valence-corrected chi connectivity index (χ3v) is 6.81. The normalized spacial score (nSPS) is 19.0. The van der Waals surface area contributed by atoms with Crippen LogP contribution < -0.4 is 5.32 Å². The van der Waals surface area contributed by atoms with Crippen molar-refractivity contribution in [2.75, 3.05) is 52.4 Å². The number of fused-ring (bicyclic) bond motifs is 1. The van der Waals surface area contributed by atoms with Crippen molar-refractivity contribution in [1.82, 2.24) is 25.0 Å². The molecule has 4 rings (SSSR count). The van der Waals surface area contributed by atoms with Gasteiger partial charge in [-0.3, -0.25) is 14.7 Å². The van der Waals surface area contributed by atoms with E-state index in [4.69, 9.17) is 4.99 Å². The minimum Gasteiger partial charge on any atom is -0.361 e. The number of hydrogen-bond acceptors (Lipinski definition) is 3. The van der Waals surface area contributed by atoms with Crippen molar-refractivity contribution >= 4 is 22.8 Å². The Labute approximate surface area is 191 Å². The number of nitrogens with zero attached hydrogens (tertiary/aromatic N) is 4. The molecule has 1 aromatic carbocycles. The molecule has 7 heteroatoms. The van der Waals surface area contributed by atoms with E-state index in [1.54, 1.807) is 0 Å². The van der Waals surface area contributed by atoms with Gasteiger partial charge in [-0.15, -0.1) is 0 Å². The fourth-order valence-corrected chi connectivity index (χ4v) is 4.90. The maximum absolute atomic E-state index is 12.7. The molecule has 2 aliphatic rings. The van der Waals surface area contributed by atoms with Gasteiger partial charge in [0.05, 0.1) is 6.04 Å². The van der Waals surface area contributed by atoms with Gasteiger partial charge in [-0.25, -0.2) is 0 Å². The zero-order chi connectivity index (χ0) is 22.3. The highest BCUT2D eigenvalue weighted by Gasteiger charge is 2.30. The molecule has 1 unspecified atom stereocenters. The number of rotatable bonds is 7. The van der Waals surface area contributed by atoms with Crippen LogP contribution in [0.4, 0.5) is 0 Å². The molecule has 0 saturated carbocycles. The number of hydrogen-bond donors (Lipinski definition) is 2. The van der Waals surface area contributed by atoms with Crippen molar-refractivity contribution in [2.45, 2.75) is 45.6 Å². The summed E-state index contributed by atoms with van der Waals surface area (Å²) in [5, 5.41) is 4.78. The maximum atomic E-state index is 12.7. The van der Waals surface area contributed by atoms with Crippen molar-refractivity contribution in [1.29, 1.82) is 0 Å². The van der Waals surface area contributed by atoms with E-state index in [2.05, 4.69) is 64.4 Å². The molecular formula is C25H38N6O. The Balaban J connectivity index is 1.27. The fraction of sp³-hybridized carbons (Fsp3) is 0.600. The highest BCUT2D eigenvalue weighted by atomic mass is 16.2. The lowest BCUT2D eigenvalue weighted by Gasteiger charge is -2.39. The number of piperazine rings is 1. The van der Waals surface area contributed by atoms with Crippen LogP contribution in [0, 0.1) is 0 Å². The molecule has 0 aliphatic carbocycles. The topological polar surface area (TPSA) is 67.0 Å². The quantitative estimate of drug-likeness (QED) is 0.396. The number of H-pyrrole nitrogens is 1. The Morgan fingerprint density at radius 2 is 1.84 bits per heavy atom. The summed E-state index contributed by atoms with van der Waals surface area (Å²) in [4.78, 5) is 27.7. The fourth-order valence-electron chi connectivity index (χ4n) is 4.90. The molecule has 2 fully saturated rings. The summed E-state index contributed by atoms with van der Waals surface area (Å²) in [6, 6.07) is 8.45. The summed E-state index contributed by atoms with van der Waals surface area (Å²) in [5.41, 5.74) is 2.57. The number of nitrogens with one attached hydrogen (secondary N) is 2. The number of aliphatic imine (C=N–C) groups is 1. The highest BCUT2D eigenvalue weighted by Crippen LogP contribution is 2.19. The summed E-state index contributed by atoms with van der Waals surface area (Å²) in [6.45, 7) is 11.3. The smallest absolute Gasteiger partial charge is 0.239 e. The number of benzene rings is 1. The van der Waals surface area contributed by atoms with Crippen LogP contribution in [-0.4, -0.2) is 90.0 Å². The van der Waals surface area contributed by atoms with E-state index in [9.17, 15) is 4.79 Å². The van der Waals surface area contributed by atoms with E-state index in [0.717, 1.165) is 84.0 Å². The number of para-hydroxylation sites is 1. The second-order valence-corrected chi connectivity index (χ2v) is 8.93. The minimum atomic E-state index is -0.0223. The van der Waals surface area contributed by atoms with Crippen molar-refractivity contribution in [3.05, 3.63) is 36.0 Å². The molecule has 1 amide bonds. The summed E-state index contributed by atoms with van der Waals surface area (Å²) in [5.74, 6) is 1.30. The number of guanidine groups is 1.